The molecule has 0 radical (unpaired) electrons. The Morgan fingerprint density at radius 2 is 2.04 bits per heavy atom. The average molecular weight is 316 g/mol. The van der Waals surface area contributed by atoms with Crippen LogP contribution in [0.25, 0.3) is 0 Å². The molecule has 0 spiro atoms. The number of aryl methyl sites for hydroxylation is 2. The molecule has 3 rings (SSSR count). The van der Waals surface area contributed by atoms with Gasteiger partial charge in [0, 0.05) is 13.6 Å². The van der Waals surface area contributed by atoms with E-state index in [-0.39, 0.29) is 10.6 Å². The predicted octanol–water partition coefficient (Wildman–Crippen LogP) is 2.39. The largest absolute Gasteiger partial charge is 0.367 e. The first kappa shape index (κ1) is 15.5. The van der Waals surface area contributed by atoms with Crippen molar-refractivity contribution in [3.8, 4) is 0 Å². The summed E-state index contributed by atoms with van der Waals surface area (Å²) < 4.78 is 7.60. The van der Waals surface area contributed by atoms with Crippen molar-refractivity contribution in [2.45, 2.75) is 19.4 Å². The number of rotatable bonds is 3. The zero-order valence-electron chi connectivity index (χ0n) is 13.5. The molecule has 1 aliphatic heterocycles. The molecule has 1 aromatic heterocycles. The Kier molecular flexibility index (Phi) is 3.81. The van der Waals surface area contributed by atoms with Crippen LogP contribution in [0.3, 0.4) is 0 Å². The lowest BCUT2D eigenvalue weighted by Crippen LogP contribution is -2.49. The van der Waals surface area contributed by atoms with E-state index in [0.717, 1.165) is 5.56 Å². The van der Waals surface area contributed by atoms with Crippen LogP contribution in [0.2, 0.25) is 0 Å². The van der Waals surface area contributed by atoms with E-state index in [9.17, 15) is 10.1 Å². The maximum Gasteiger partial charge on any atom is 0.333 e. The molecule has 0 amide bonds. The number of nitro groups is 1. The normalized spacial score (nSPS) is 21.4. The lowest BCUT2D eigenvalue weighted by molar-refractivity contribution is -0.384. The van der Waals surface area contributed by atoms with Crippen LogP contribution in [0.5, 0.6) is 0 Å². The van der Waals surface area contributed by atoms with Crippen molar-refractivity contribution >= 4 is 11.5 Å². The smallest absolute Gasteiger partial charge is 0.333 e. The van der Waals surface area contributed by atoms with Gasteiger partial charge in [-0.25, -0.2) is 4.68 Å². The minimum atomic E-state index is -0.508. The molecule has 1 fully saturated rings. The van der Waals surface area contributed by atoms with Gasteiger partial charge >= 0.3 is 5.69 Å². The number of morpholine rings is 1. The van der Waals surface area contributed by atoms with E-state index in [4.69, 9.17) is 4.74 Å². The minimum Gasteiger partial charge on any atom is -0.367 e. The van der Waals surface area contributed by atoms with E-state index in [1.165, 1.54) is 0 Å². The van der Waals surface area contributed by atoms with Gasteiger partial charge in [-0.2, -0.15) is 5.10 Å². The molecular weight excluding hydrogens is 296 g/mol. The molecule has 7 nitrogen and oxygen atoms in total. The SMILES string of the molecule is Cc1nn(C)c(N2CCOC(C)(c3ccccc3)C2)c1[N+](=O)[O-]. The van der Waals surface area contributed by atoms with Crippen molar-refractivity contribution in [1.82, 2.24) is 9.78 Å². The molecule has 23 heavy (non-hydrogen) atoms. The van der Waals surface area contributed by atoms with Gasteiger partial charge in [0.25, 0.3) is 0 Å². The Labute approximate surface area is 134 Å². The second kappa shape index (κ2) is 5.66. The van der Waals surface area contributed by atoms with Crippen molar-refractivity contribution in [2.75, 3.05) is 24.6 Å². The summed E-state index contributed by atoms with van der Waals surface area (Å²) in [5.41, 5.74) is 1.06. The summed E-state index contributed by atoms with van der Waals surface area (Å²) in [5, 5.41) is 15.6. The van der Waals surface area contributed by atoms with Gasteiger partial charge in [0.15, 0.2) is 0 Å². The van der Waals surface area contributed by atoms with Gasteiger partial charge in [0.1, 0.15) is 11.3 Å². The molecular formula is C16H20N4O3. The summed E-state index contributed by atoms with van der Waals surface area (Å²) in [5.74, 6) is 0.540. The number of anilines is 1. The second-order valence-electron chi connectivity index (χ2n) is 6.01. The zero-order valence-corrected chi connectivity index (χ0v) is 13.5. The molecule has 1 atom stereocenters. The molecule has 0 bridgehead atoms. The average Bonchev–Trinajstić information content (AvgIpc) is 2.83. The minimum absolute atomic E-state index is 0.0739. The second-order valence-corrected chi connectivity index (χ2v) is 6.01. The highest BCUT2D eigenvalue weighted by molar-refractivity contribution is 5.61. The molecule has 1 aromatic carbocycles. The summed E-state index contributed by atoms with van der Waals surface area (Å²) in [6, 6.07) is 9.95. The van der Waals surface area contributed by atoms with Gasteiger partial charge in [-0.15, -0.1) is 0 Å². The Balaban J connectivity index is 1.98. The zero-order chi connectivity index (χ0) is 16.6. The standard InChI is InChI=1S/C16H20N4O3/c1-12-14(20(21)22)15(18(3)17-12)19-9-10-23-16(2,11-19)13-7-5-4-6-8-13/h4-8H,9-11H2,1-3H3. The lowest BCUT2D eigenvalue weighted by Gasteiger charge is -2.41. The van der Waals surface area contributed by atoms with E-state index < -0.39 is 5.60 Å². The van der Waals surface area contributed by atoms with E-state index in [2.05, 4.69) is 5.10 Å². The van der Waals surface area contributed by atoms with Crippen molar-refractivity contribution in [1.29, 1.82) is 0 Å². The van der Waals surface area contributed by atoms with Crippen LogP contribution >= 0.6 is 0 Å². The van der Waals surface area contributed by atoms with Gasteiger partial charge < -0.3 is 9.64 Å². The first-order chi connectivity index (χ1) is 10.9. The van der Waals surface area contributed by atoms with Crippen LogP contribution in [0.1, 0.15) is 18.2 Å². The van der Waals surface area contributed by atoms with Gasteiger partial charge in [0.05, 0.1) is 18.1 Å². The van der Waals surface area contributed by atoms with E-state index >= 15 is 0 Å². The number of hydrogen-bond donors (Lipinski definition) is 0. The van der Waals surface area contributed by atoms with Crippen LogP contribution < -0.4 is 4.90 Å². The maximum absolute atomic E-state index is 11.4. The number of nitrogens with zero attached hydrogens (tertiary/aromatic N) is 4. The fourth-order valence-corrected chi connectivity index (χ4v) is 3.22. The van der Waals surface area contributed by atoms with Gasteiger partial charge in [-0.3, -0.25) is 10.1 Å². The molecule has 1 saturated heterocycles. The van der Waals surface area contributed by atoms with Crippen molar-refractivity contribution in [3.05, 3.63) is 51.7 Å². The summed E-state index contributed by atoms with van der Waals surface area (Å²) in [6.07, 6.45) is 0. The monoisotopic (exact) mass is 316 g/mol. The highest BCUT2D eigenvalue weighted by Gasteiger charge is 2.38. The van der Waals surface area contributed by atoms with Crippen molar-refractivity contribution in [2.24, 2.45) is 7.05 Å². The van der Waals surface area contributed by atoms with E-state index in [0.29, 0.717) is 31.2 Å². The van der Waals surface area contributed by atoms with Crippen molar-refractivity contribution in [3.63, 3.8) is 0 Å². The molecule has 7 heteroatoms. The molecule has 1 aliphatic rings. The van der Waals surface area contributed by atoms with Gasteiger partial charge in [-0.1, -0.05) is 30.3 Å². The third kappa shape index (κ3) is 2.68. The predicted molar refractivity (Wildman–Crippen MR) is 86.6 cm³/mol. The fourth-order valence-electron chi connectivity index (χ4n) is 3.22. The topological polar surface area (TPSA) is 73.4 Å². The molecule has 0 saturated carbocycles. The lowest BCUT2D eigenvalue weighted by atomic mass is 9.94. The summed E-state index contributed by atoms with van der Waals surface area (Å²) in [6.45, 7) is 5.33. The van der Waals surface area contributed by atoms with Gasteiger partial charge in [0.2, 0.25) is 5.82 Å². The molecule has 2 heterocycles. The fraction of sp³-hybridized carbons (Fsp3) is 0.438. The summed E-state index contributed by atoms with van der Waals surface area (Å²) in [7, 11) is 1.74. The number of ether oxygens (including phenoxy) is 1. The molecule has 122 valence electrons. The Morgan fingerprint density at radius 3 is 2.70 bits per heavy atom. The number of aromatic nitrogens is 2. The van der Waals surface area contributed by atoms with Gasteiger partial charge in [-0.05, 0) is 19.4 Å². The summed E-state index contributed by atoms with van der Waals surface area (Å²) >= 11 is 0. The Morgan fingerprint density at radius 1 is 1.35 bits per heavy atom. The molecule has 0 aliphatic carbocycles. The van der Waals surface area contributed by atoms with Crippen molar-refractivity contribution < 1.29 is 9.66 Å². The maximum atomic E-state index is 11.4. The number of benzene rings is 1. The molecule has 0 N–H and O–H groups in total. The van der Waals surface area contributed by atoms with E-state index in [1.807, 2.05) is 42.2 Å². The molecule has 1 unspecified atom stereocenters. The van der Waals surface area contributed by atoms with E-state index in [1.54, 1.807) is 18.7 Å². The van der Waals surface area contributed by atoms with Crippen LogP contribution in [0.15, 0.2) is 30.3 Å². The third-order valence-electron chi connectivity index (χ3n) is 4.30. The Bertz CT molecular complexity index is 728. The highest BCUT2D eigenvalue weighted by atomic mass is 16.6. The van der Waals surface area contributed by atoms with Crippen LogP contribution in [0, 0.1) is 17.0 Å². The first-order valence-corrected chi connectivity index (χ1v) is 7.55. The quantitative estimate of drug-likeness (QED) is 0.642. The Hall–Kier alpha value is -2.41. The third-order valence-corrected chi connectivity index (χ3v) is 4.30. The van der Waals surface area contributed by atoms with Crippen LogP contribution in [0.4, 0.5) is 11.5 Å². The number of hydrogen-bond acceptors (Lipinski definition) is 5. The van der Waals surface area contributed by atoms with Crippen LogP contribution in [-0.2, 0) is 17.4 Å². The highest BCUT2D eigenvalue weighted by Crippen LogP contribution is 2.36. The first-order valence-electron chi connectivity index (χ1n) is 7.55. The molecule has 2 aromatic rings. The summed E-state index contributed by atoms with van der Waals surface area (Å²) in [4.78, 5) is 13.1. The van der Waals surface area contributed by atoms with Crippen LogP contribution in [-0.4, -0.2) is 34.4 Å².